The second kappa shape index (κ2) is 5.38. The third-order valence-electron chi connectivity index (χ3n) is 0.697. The summed E-state index contributed by atoms with van der Waals surface area (Å²) < 4.78 is 0. The molecule has 0 radical (unpaired) electrons. The smallest absolute Gasteiger partial charge is 0.0735 e. The molecule has 0 aromatic carbocycles. The van der Waals surface area contributed by atoms with E-state index in [1.165, 1.54) is 0 Å². The Morgan fingerprint density at radius 3 is 2.75 bits per heavy atom. The van der Waals surface area contributed by atoms with Crippen LogP contribution in [0.25, 0.3) is 0 Å². The van der Waals surface area contributed by atoms with Gasteiger partial charge in [-0.05, 0) is 11.5 Å². The van der Waals surface area contributed by atoms with E-state index in [2.05, 4.69) is 19.1 Å². The van der Waals surface area contributed by atoms with Gasteiger partial charge in [0.25, 0.3) is 0 Å². The van der Waals surface area contributed by atoms with Crippen molar-refractivity contribution < 1.29 is 0 Å². The summed E-state index contributed by atoms with van der Waals surface area (Å²) in [5, 5.41) is 0. The molecule has 3 heteroatoms. The molecule has 0 fully saturated rings. The minimum absolute atomic E-state index is 0.631. The largest absolute Gasteiger partial charge is 0.393 e. The van der Waals surface area contributed by atoms with Crippen LogP contribution >= 0.6 is 24.0 Å². The summed E-state index contributed by atoms with van der Waals surface area (Å²) in [4.78, 5) is 0.631. The summed E-state index contributed by atoms with van der Waals surface area (Å²) in [5.41, 5.74) is 5.25. The zero-order chi connectivity index (χ0) is 6.41. The third-order valence-corrected chi connectivity index (χ3v) is 1.80. The van der Waals surface area contributed by atoms with Gasteiger partial charge in [-0.15, -0.1) is 0 Å². The lowest BCUT2D eigenvalue weighted by molar-refractivity contribution is 1.31. The fourth-order valence-electron chi connectivity index (χ4n) is 0.317. The van der Waals surface area contributed by atoms with E-state index < -0.39 is 0 Å². The molecule has 0 bridgehead atoms. The number of thioether (sulfide) groups is 1. The van der Waals surface area contributed by atoms with Gasteiger partial charge in [-0.2, -0.15) is 11.8 Å². The van der Waals surface area contributed by atoms with Crippen LogP contribution in [0.3, 0.4) is 0 Å². The summed E-state index contributed by atoms with van der Waals surface area (Å²) >= 11 is 6.54. The number of hydrogen-bond acceptors (Lipinski definition) is 2. The van der Waals surface area contributed by atoms with Crippen LogP contribution in [0.2, 0.25) is 0 Å². The van der Waals surface area contributed by atoms with Gasteiger partial charge in [0.1, 0.15) is 0 Å². The average Bonchev–Trinajstić information content (AvgIpc) is 1.66. The van der Waals surface area contributed by atoms with E-state index in [-0.39, 0.29) is 0 Å². The molecular formula is C5H11NS2. The van der Waals surface area contributed by atoms with Crippen molar-refractivity contribution in [2.45, 2.75) is 13.3 Å². The highest BCUT2D eigenvalue weighted by Gasteiger charge is 1.86. The molecule has 0 aliphatic heterocycles. The van der Waals surface area contributed by atoms with Crippen molar-refractivity contribution in [3.05, 3.63) is 0 Å². The van der Waals surface area contributed by atoms with Gasteiger partial charge in [-0.3, -0.25) is 0 Å². The van der Waals surface area contributed by atoms with Crippen LogP contribution in [0.1, 0.15) is 13.3 Å². The van der Waals surface area contributed by atoms with Gasteiger partial charge in [0, 0.05) is 6.42 Å². The molecule has 0 heterocycles. The molecule has 0 aliphatic rings. The highest BCUT2D eigenvalue weighted by atomic mass is 32.2. The van der Waals surface area contributed by atoms with Crippen LogP contribution in [0.15, 0.2) is 0 Å². The van der Waals surface area contributed by atoms with Gasteiger partial charge in [0.05, 0.1) is 4.99 Å². The maximum Gasteiger partial charge on any atom is 0.0735 e. The minimum atomic E-state index is 0.631. The van der Waals surface area contributed by atoms with E-state index >= 15 is 0 Å². The maximum atomic E-state index is 5.25. The lowest BCUT2D eigenvalue weighted by atomic mass is 10.5. The number of hydrogen-bond donors (Lipinski definition) is 1. The Kier molecular flexibility index (Phi) is 5.54. The fourth-order valence-corrected chi connectivity index (χ4v) is 1.20. The third kappa shape index (κ3) is 6.24. The first-order chi connectivity index (χ1) is 3.77. The second-order valence-corrected chi connectivity index (χ2v) is 3.33. The topological polar surface area (TPSA) is 26.0 Å². The quantitative estimate of drug-likeness (QED) is 0.483. The van der Waals surface area contributed by atoms with Gasteiger partial charge in [0.15, 0.2) is 0 Å². The SMILES string of the molecule is CCSCCC(N)=S. The lowest BCUT2D eigenvalue weighted by Crippen LogP contribution is -2.08. The van der Waals surface area contributed by atoms with Crippen LogP contribution in [-0.4, -0.2) is 16.5 Å². The Labute approximate surface area is 60.0 Å². The van der Waals surface area contributed by atoms with Crippen LogP contribution in [0.5, 0.6) is 0 Å². The molecule has 0 saturated heterocycles. The Balaban J connectivity index is 2.82. The Morgan fingerprint density at radius 2 is 2.38 bits per heavy atom. The molecule has 8 heavy (non-hydrogen) atoms. The molecule has 0 atom stereocenters. The highest BCUT2D eigenvalue weighted by Crippen LogP contribution is 1.99. The van der Waals surface area contributed by atoms with E-state index in [0.717, 1.165) is 17.9 Å². The van der Waals surface area contributed by atoms with Crippen molar-refractivity contribution in [2.24, 2.45) is 5.73 Å². The standard InChI is InChI=1S/C5H11NS2/c1-2-8-4-3-5(6)7/h2-4H2,1H3,(H2,6,7). The summed E-state index contributed by atoms with van der Waals surface area (Å²) in [5.74, 6) is 2.23. The zero-order valence-corrected chi connectivity index (χ0v) is 6.65. The van der Waals surface area contributed by atoms with Crippen molar-refractivity contribution in [3.8, 4) is 0 Å². The molecule has 0 spiro atoms. The Hall–Kier alpha value is 0.240. The monoisotopic (exact) mass is 149 g/mol. The summed E-state index contributed by atoms with van der Waals surface area (Å²) in [6.45, 7) is 2.13. The molecule has 0 aromatic heterocycles. The molecule has 0 saturated carbocycles. The van der Waals surface area contributed by atoms with Crippen LogP contribution < -0.4 is 5.73 Å². The molecule has 0 unspecified atom stereocenters. The van der Waals surface area contributed by atoms with E-state index in [9.17, 15) is 0 Å². The Morgan fingerprint density at radius 1 is 1.75 bits per heavy atom. The molecule has 0 rings (SSSR count). The van der Waals surface area contributed by atoms with Gasteiger partial charge < -0.3 is 5.73 Å². The normalized spacial score (nSPS) is 9.12. The molecule has 2 N–H and O–H groups in total. The molecule has 1 nitrogen and oxygen atoms in total. The van der Waals surface area contributed by atoms with Gasteiger partial charge >= 0.3 is 0 Å². The average molecular weight is 149 g/mol. The van der Waals surface area contributed by atoms with Crippen LogP contribution in [0, 0.1) is 0 Å². The first-order valence-electron chi connectivity index (χ1n) is 2.63. The van der Waals surface area contributed by atoms with Crippen molar-refractivity contribution in [3.63, 3.8) is 0 Å². The summed E-state index contributed by atoms with van der Waals surface area (Å²) in [6.07, 6.45) is 0.883. The fraction of sp³-hybridized carbons (Fsp3) is 0.800. The number of rotatable bonds is 4. The van der Waals surface area contributed by atoms with Gasteiger partial charge in [0.2, 0.25) is 0 Å². The predicted molar refractivity (Wildman–Crippen MR) is 44.4 cm³/mol. The molecule has 0 amide bonds. The molecule has 0 aliphatic carbocycles. The minimum Gasteiger partial charge on any atom is -0.393 e. The number of thiocarbonyl (C=S) groups is 1. The predicted octanol–water partition coefficient (Wildman–Crippen LogP) is 1.42. The van der Waals surface area contributed by atoms with Crippen LogP contribution in [0.4, 0.5) is 0 Å². The Bertz CT molecular complexity index is 72.8. The maximum absolute atomic E-state index is 5.25. The van der Waals surface area contributed by atoms with E-state index in [1.807, 2.05) is 11.8 Å². The van der Waals surface area contributed by atoms with Crippen molar-refractivity contribution in [1.82, 2.24) is 0 Å². The number of nitrogens with two attached hydrogens (primary N) is 1. The summed E-state index contributed by atoms with van der Waals surface area (Å²) in [6, 6.07) is 0. The molecule has 48 valence electrons. The van der Waals surface area contributed by atoms with E-state index in [4.69, 9.17) is 5.73 Å². The first-order valence-corrected chi connectivity index (χ1v) is 4.19. The molecule has 0 aromatic rings. The van der Waals surface area contributed by atoms with E-state index in [0.29, 0.717) is 4.99 Å². The second-order valence-electron chi connectivity index (χ2n) is 1.41. The van der Waals surface area contributed by atoms with Crippen molar-refractivity contribution in [2.75, 3.05) is 11.5 Å². The van der Waals surface area contributed by atoms with Gasteiger partial charge in [-0.1, -0.05) is 19.1 Å². The zero-order valence-electron chi connectivity index (χ0n) is 5.02. The van der Waals surface area contributed by atoms with Gasteiger partial charge in [-0.25, -0.2) is 0 Å². The van der Waals surface area contributed by atoms with Crippen molar-refractivity contribution >= 4 is 29.0 Å². The molecular weight excluding hydrogens is 138 g/mol. The first kappa shape index (κ1) is 8.24. The van der Waals surface area contributed by atoms with Crippen LogP contribution in [-0.2, 0) is 0 Å². The highest BCUT2D eigenvalue weighted by molar-refractivity contribution is 7.99. The van der Waals surface area contributed by atoms with Crippen molar-refractivity contribution in [1.29, 1.82) is 0 Å². The van der Waals surface area contributed by atoms with E-state index in [1.54, 1.807) is 0 Å². The lowest BCUT2D eigenvalue weighted by Gasteiger charge is -1.93. The summed E-state index contributed by atoms with van der Waals surface area (Å²) in [7, 11) is 0.